The van der Waals surface area contributed by atoms with Crippen LogP contribution in [-0.2, 0) is 11.2 Å². The lowest BCUT2D eigenvalue weighted by atomic mass is 10.2. The molecule has 25 heavy (non-hydrogen) atoms. The third kappa shape index (κ3) is 4.22. The second-order valence-electron chi connectivity index (χ2n) is 6.55. The van der Waals surface area contributed by atoms with E-state index in [1.54, 1.807) is 16.8 Å². The Hall–Kier alpha value is -2.28. The number of rotatable bonds is 5. The van der Waals surface area contributed by atoms with Crippen LogP contribution in [0, 0.1) is 5.82 Å². The third-order valence-electron chi connectivity index (χ3n) is 4.62. The summed E-state index contributed by atoms with van der Waals surface area (Å²) >= 11 is 0. The van der Waals surface area contributed by atoms with Crippen molar-refractivity contribution < 1.29 is 9.18 Å². The Kier molecular flexibility index (Phi) is 5.43. The van der Waals surface area contributed by atoms with Gasteiger partial charge >= 0.3 is 0 Å². The van der Waals surface area contributed by atoms with Gasteiger partial charge < -0.3 is 5.73 Å². The van der Waals surface area contributed by atoms with Crippen LogP contribution >= 0.6 is 0 Å². The molecule has 0 spiro atoms. The molecule has 7 heteroatoms. The average Bonchev–Trinajstić information content (AvgIpc) is 2.80. The van der Waals surface area contributed by atoms with Gasteiger partial charge in [-0.3, -0.25) is 9.69 Å². The highest BCUT2D eigenvalue weighted by Crippen LogP contribution is 2.25. The van der Waals surface area contributed by atoms with Crippen LogP contribution in [0.15, 0.2) is 24.3 Å². The van der Waals surface area contributed by atoms with Crippen LogP contribution in [0.4, 0.5) is 4.39 Å². The predicted molar refractivity (Wildman–Crippen MR) is 92.7 cm³/mol. The Morgan fingerprint density at radius 3 is 2.64 bits per heavy atom. The summed E-state index contributed by atoms with van der Waals surface area (Å²) in [5, 5.41) is 4.41. The molecule has 3 rings (SSSR count). The standard InChI is InChI=1S/C18H24FN5O/c1-13(23-9-4-2-3-5-10-23)18-21-17(12-16(20)25)22-24(18)15-8-6-7-14(19)11-15/h6-8,11,13H,2-5,9-10,12H2,1H3,(H2,20,25). The van der Waals surface area contributed by atoms with Crippen molar-refractivity contribution in [2.24, 2.45) is 5.73 Å². The van der Waals surface area contributed by atoms with Gasteiger partial charge in [-0.15, -0.1) is 0 Å². The molecule has 1 aromatic heterocycles. The minimum absolute atomic E-state index is 0.0236. The molecule has 1 amide bonds. The van der Waals surface area contributed by atoms with Gasteiger partial charge in [-0.25, -0.2) is 14.1 Å². The van der Waals surface area contributed by atoms with E-state index in [2.05, 4.69) is 21.9 Å². The van der Waals surface area contributed by atoms with Gasteiger partial charge in [0.25, 0.3) is 0 Å². The van der Waals surface area contributed by atoms with E-state index in [-0.39, 0.29) is 18.3 Å². The maximum Gasteiger partial charge on any atom is 0.225 e. The van der Waals surface area contributed by atoms with Crippen LogP contribution in [0.25, 0.3) is 5.69 Å². The zero-order valence-corrected chi connectivity index (χ0v) is 14.5. The fraction of sp³-hybridized carbons (Fsp3) is 0.500. The monoisotopic (exact) mass is 345 g/mol. The first-order valence-electron chi connectivity index (χ1n) is 8.78. The highest BCUT2D eigenvalue weighted by molar-refractivity contribution is 5.75. The summed E-state index contributed by atoms with van der Waals surface area (Å²) in [5.74, 6) is 0.264. The van der Waals surface area contributed by atoms with Crippen LogP contribution < -0.4 is 5.73 Å². The zero-order chi connectivity index (χ0) is 17.8. The highest BCUT2D eigenvalue weighted by Gasteiger charge is 2.24. The second kappa shape index (κ2) is 7.74. The van der Waals surface area contributed by atoms with E-state index in [0.29, 0.717) is 17.3 Å². The lowest BCUT2D eigenvalue weighted by Gasteiger charge is -2.27. The van der Waals surface area contributed by atoms with Crippen LogP contribution in [0.1, 0.15) is 50.3 Å². The summed E-state index contributed by atoms with van der Waals surface area (Å²) < 4.78 is 15.3. The number of carbonyl (C=O) groups excluding carboxylic acids is 1. The maximum atomic E-state index is 13.7. The largest absolute Gasteiger partial charge is 0.369 e. The summed E-state index contributed by atoms with van der Waals surface area (Å²) in [4.78, 5) is 18.2. The van der Waals surface area contributed by atoms with Gasteiger partial charge in [0, 0.05) is 0 Å². The molecule has 2 heterocycles. The minimum Gasteiger partial charge on any atom is -0.369 e. The number of amides is 1. The number of hydrogen-bond donors (Lipinski definition) is 1. The first-order chi connectivity index (χ1) is 12.0. The lowest BCUT2D eigenvalue weighted by molar-refractivity contribution is -0.117. The molecule has 2 N–H and O–H groups in total. The average molecular weight is 345 g/mol. The molecule has 134 valence electrons. The molecule has 1 atom stereocenters. The molecular formula is C18H24FN5O. The maximum absolute atomic E-state index is 13.7. The van der Waals surface area contributed by atoms with Crippen molar-refractivity contribution in [1.82, 2.24) is 19.7 Å². The molecule has 1 aliphatic heterocycles. The van der Waals surface area contributed by atoms with E-state index in [9.17, 15) is 9.18 Å². The van der Waals surface area contributed by atoms with E-state index in [0.717, 1.165) is 25.9 Å². The number of hydrogen-bond acceptors (Lipinski definition) is 4. The Balaban J connectivity index is 1.97. The van der Waals surface area contributed by atoms with Gasteiger partial charge in [0.1, 0.15) is 11.6 Å². The number of benzene rings is 1. The first kappa shape index (κ1) is 17.5. The molecule has 1 aliphatic rings. The van der Waals surface area contributed by atoms with Crippen LogP contribution in [0.5, 0.6) is 0 Å². The summed E-state index contributed by atoms with van der Waals surface area (Å²) in [6.07, 6.45) is 4.78. The van der Waals surface area contributed by atoms with Crippen molar-refractivity contribution in [3.05, 3.63) is 41.7 Å². The molecule has 0 radical (unpaired) electrons. The smallest absolute Gasteiger partial charge is 0.225 e. The second-order valence-corrected chi connectivity index (χ2v) is 6.55. The Morgan fingerprint density at radius 2 is 2.00 bits per heavy atom. The number of nitrogens with zero attached hydrogens (tertiary/aromatic N) is 4. The summed E-state index contributed by atoms with van der Waals surface area (Å²) in [5.41, 5.74) is 5.88. The van der Waals surface area contributed by atoms with Crippen molar-refractivity contribution in [2.75, 3.05) is 13.1 Å². The van der Waals surface area contributed by atoms with E-state index in [1.165, 1.54) is 25.0 Å². The molecule has 0 aliphatic carbocycles. The SMILES string of the molecule is CC(c1nc(CC(N)=O)nn1-c1cccc(F)c1)N1CCCCCC1. The number of halogens is 1. The van der Waals surface area contributed by atoms with Crippen molar-refractivity contribution >= 4 is 5.91 Å². The normalized spacial score (nSPS) is 17.2. The summed E-state index contributed by atoms with van der Waals surface area (Å²) in [6, 6.07) is 6.25. The van der Waals surface area contributed by atoms with Gasteiger partial charge in [-0.1, -0.05) is 18.9 Å². The quantitative estimate of drug-likeness (QED) is 0.902. The van der Waals surface area contributed by atoms with E-state index >= 15 is 0 Å². The Labute approximate surface area is 146 Å². The number of aromatic nitrogens is 3. The van der Waals surface area contributed by atoms with E-state index in [4.69, 9.17) is 5.73 Å². The van der Waals surface area contributed by atoms with Crippen LogP contribution in [-0.4, -0.2) is 38.7 Å². The summed E-state index contributed by atoms with van der Waals surface area (Å²) in [6.45, 7) is 4.09. The predicted octanol–water partition coefficient (Wildman–Crippen LogP) is 2.37. The zero-order valence-electron chi connectivity index (χ0n) is 14.5. The molecule has 1 aromatic carbocycles. The van der Waals surface area contributed by atoms with Gasteiger partial charge in [-0.2, -0.15) is 5.10 Å². The van der Waals surface area contributed by atoms with Gasteiger partial charge in [0.05, 0.1) is 18.2 Å². The molecular weight excluding hydrogens is 321 g/mol. The fourth-order valence-corrected chi connectivity index (χ4v) is 3.31. The van der Waals surface area contributed by atoms with Crippen LogP contribution in [0.3, 0.4) is 0 Å². The van der Waals surface area contributed by atoms with Crippen molar-refractivity contribution in [2.45, 2.75) is 45.1 Å². The molecule has 0 saturated carbocycles. The minimum atomic E-state index is -0.481. The topological polar surface area (TPSA) is 77.0 Å². The summed E-state index contributed by atoms with van der Waals surface area (Å²) in [7, 11) is 0. The Morgan fingerprint density at radius 1 is 1.28 bits per heavy atom. The first-order valence-corrected chi connectivity index (χ1v) is 8.78. The van der Waals surface area contributed by atoms with Crippen molar-refractivity contribution in [3.8, 4) is 5.69 Å². The molecule has 2 aromatic rings. The van der Waals surface area contributed by atoms with Gasteiger partial charge in [0.15, 0.2) is 5.82 Å². The van der Waals surface area contributed by atoms with Crippen molar-refractivity contribution in [1.29, 1.82) is 0 Å². The highest BCUT2D eigenvalue weighted by atomic mass is 19.1. The van der Waals surface area contributed by atoms with E-state index < -0.39 is 5.91 Å². The number of primary amides is 1. The van der Waals surface area contributed by atoms with Crippen LogP contribution in [0.2, 0.25) is 0 Å². The molecule has 1 fully saturated rings. The lowest BCUT2D eigenvalue weighted by Crippen LogP contribution is -2.30. The third-order valence-corrected chi connectivity index (χ3v) is 4.62. The molecule has 6 nitrogen and oxygen atoms in total. The van der Waals surface area contributed by atoms with E-state index in [1.807, 2.05) is 0 Å². The number of likely N-dealkylation sites (tertiary alicyclic amines) is 1. The number of nitrogens with two attached hydrogens (primary N) is 1. The van der Waals surface area contributed by atoms with Gasteiger partial charge in [-0.05, 0) is 51.1 Å². The molecule has 1 unspecified atom stereocenters. The molecule has 1 saturated heterocycles. The number of carbonyl (C=O) groups is 1. The van der Waals surface area contributed by atoms with Crippen molar-refractivity contribution in [3.63, 3.8) is 0 Å². The fourth-order valence-electron chi connectivity index (χ4n) is 3.31. The Bertz CT molecular complexity index is 737. The molecule has 0 bridgehead atoms. The van der Waals surface area contributed by atoms with Gasteiger partial charge in [0.2, 0.25) is 5.91 Å².